The van der Waals surface area contributed by atoms with Crippen LogP contribution in [-0.4, -0.2) is 5.91 Å². The molecule has 2 aromatic carbocycles. The van der Waals surface area contributed by atoms with E-state index in [2.05, 4.69) is 5.32 Å². The van der Waals surface area contributed by atoms with Crippen LogP contribution in [0.4, 0.5) is 23.2 Å². The summed E-state index contributed by atoms with van der Waals surface area (Å²) in [5, 5.41) is 2.70. The van der Waals surface area contributed by atoms with Crippen molar-refractivity contribution < 1.29 is 22.4 Å². The van der Waals surface area contributed by atoms with Crippen molar-refractivity contribution in [3.8, 4) is 11.1 Å². The van der Waals surface area contributed by atoms with Gasteiger partial charge in [0.05, 0.1) is 5.56 Å². The number of anilines is 1. The molecule has 31 heavy (non-hydrogen) atoms. The second-order valence-corrected chi connectivity index (χ2v) is 8.68. The van der Waals surface area contributed by atoms with Gasteiger partial charge in [0.1, 0.15) is 10.7 Å². The Kier molecular flexibility index (Phi) is 5.88. The topological polar surface area (TPSA) is 29.1 Å². The minimum atomic E-state index is -4.42. The van der Waals surface area contributed by atoms with Crippen LogP contribution in [0.3, 0.4) is 0 Å². The highest BCUT2D eigenvalue weighted by atomic mass is 32.1. The maximum Gasteiger partial charge on any atom is 0.426 e. The van der Waals surface area contributed by atoms with Crippen molar-refractivity contribution in [2.75, 3.05) is 5.32 Å². The van der Waals surface area contributed by atoms with Crippen molar-refractivity contribution in [2.45, 2.75) is 45.2 Å². The summed E-state index contributed by atoms with van der Waals surface area (Å²) in [5.41, 5.74) is 2.67. The second-order valence-electron chi connectivity index (χ2n) is 7.57. The first-order chi connectivity index (χ1) is 14.8. The van der Waals surface area contributed by atoms with E-state index in [1.54, 1.807) is 24.3 Å². The number of thiophene rings is 1. The summed E-state index contributed by atoms with van der Waals surface area (Å²) in [4.78, 5) is 12.8. The van der Waals surface area contributed by atoms with Gasteiger partial charge in [-0.05, 0) is 73.1 Å². The standard InChI is InChI=1S/C24H21F4NOS/c1-2-14-13-15(11-12-19(14)29-23(30)16-7-3-5-9-18(16)25)21-17-8-4-6-10-20(17)31-22(21)24(26,27)28/h3,5,7,9,11-13H,2,4,6,8,10H2,1H3,(H,29,30). The molecule has 4 rings (SSSR count). The fraction of sp³-hybridized carbons (Fsp3) is 0.292. The van der Waals surface area contributed by atoms with E-state index in [0.29, 0.717) is 36.1 Å². The summed E-state index contributed by atoms with van der Waals surface area (Å²) in [5.74, 6) is -1.22. The molecule has 0 unspecified atom stereocenters. The van der Waals surface area contributed by atoms with Crippen LogP contribution in [0.25, 0.3) is 11.1 Å². The number of fused-ring (bicyclic) bond motifs is 1. The number of hydrogen-bond acceptors (Lipinski definition) is 2. The largest absolute Gasteiger partial charge is 0.426 e. The van der Waals surface area contributed by atoms with E-state index >= 15 is 0 Å². The number of carbonyl (C=O) groups is 1. The highest BCUT2D eigenvalue weighted by molar-refractivity contribution is 7.12. The van der Waals surface area contributed by atoms with Crippen LogP contribution in [0.2, 0.25) is 0 Å². The highest BCUT2D eigenvalue weighted by Crippen LogP contribution is 2.48. The predicted octanol–water partition coefficient (Wildman–Crippen LogP) is 7.27. The zero-order valence-electron chi connectivity index (χ0n) is 16.9. The van der Waals surface area contributed by atoms with Gasteiger partial charge >= 0.3 is 6.18 Å². The van der Waals surface area contributed by atoms with Gasteiger partial charge in [-0.15, -0.1) is 11.3 Å². The third-order valence-electron chi connectivity index (χ3n) is 5.57. The Morgan fingerprint density at radius 3 is 2.55 bits per heavy atom. The monoisotopic (exact) mass is 447 g/mol. The number of benzene rings is 2. The van der Waals surface area contributed by atoms with Crippen molar-refractivity contribution in [1.82, 2.24) is 0 Å². The molecule has 0 spiro atoms. The van der Waals surface area contributed by atoms with Gasteiger partial charge < -0.3 is 5.32 Å². The van der Waals surface area contributed by atoms with Crippen LogP contribution in [0, 0.1) is 5.82 Å². The first kappa shape index (κ1) is 21.6. The van der Waals surface area contributed by atoms with Gasteiger partial charge in [-0.2, -0.15) is 13.2 Å². The number of rotatable bonds is 4. The Hall–Kier alpha value is -2.67. The molecule has 0 bridgehead atoms. The summed E-state index contributed by atoms with van der Waals surface area (Å²) in [6, 6.07) is 10.6. The summed E-state index contributed by atoms with van der Waals surface area (Å²) >= 11 is 0.855. The van der Waals surface area contributed by atoms with Gasteiger partial charge in [0.2, 0.25) is 0 Å². The molecule has 1 aliphatic carbocycles. The molecule has 7 heteroatoms. The van der Waals surface area contributed by atoms with E-state index in [-0.39, 0.29) is 11.1 Å². The fourth-order valence-corrected chi connectivity index (χ4v) is 5.35. The van der Waals surface area contributed by atoms with Crippen molar-refractivity contribution in [3.63, 3.8) is 0 Å². The molecule has 1 aliphatic rings. The van der Waals surface area contributed by atoms with Crippen LogP contribution >= 0.6 is 11.3 Å². The van der Waals surface area contributed by atoms with Gasteiger partial charge in [0, 0.05) is 16.1 Å². The lowest BCUT2D eigenvalue weighted by Crippen LogP contribution is -2.15. The first-order valence-electron chi connectivity index (χ1n) is 10.2. The van der Waals surface area contributed by atoms with Crippen molar-refractivity contribution in [1.29, 1.82) is 0 Å². The number of amides is 1. The first-order valence-corrected chi connectivity index (χ1v) is 11.0. The van der Waals surface area contributed by atoms with Crippen molar-refractivity contribution in [3.05, 3.63) is 74.7 Å². The molecule has 0 saturated heterocycles. The van der Waals surface area contributed by atoms with E-state index < -0.39 is 22.8 Å². The Balaban J connectivity index is 1.74. The molecule has 3 aromatic rings. The Bertz CT molecular complexity index is 1130. The molecule has 0 atom stereocenters. The van der Waals surface area contributed by atoms with Crippen LogP contribution in [0.5, 0.6) is 0 Å². The summed E-state index contributed by atoms with van der Waals surface area (Å²) in [6.07, 6.45) is -0.794. The molecule has 1 N–H and O–H groups in total. The summed E-state index contributed by atoms with van der Waals surface area (Å²) in [7, 11) is 0. The van der Waals surface area contributed by atoms with E-state index in [9.17, 15) is 22.4 Å². The molecule has 0 saturated carbocycles. The predicted molar refractivity (Wildman–Crippen MR) is 115 cm³/mol. The van der Waals surface area contributed by atoms with Crippen LogP contribution in [0.15, 0.2) is 42.5 Å². The fourth-order valence-electron chi connectivity index (χ4n) is 4.07. The van der Waals surface area contributed by atoms with E-state index in [1.807, 2.05) is 6.92 Å². The van der Waals surface area contributed by atoms with Crippen LogP contribution < -0.4 is 5.32 Å². The smallest absolute Gasteiger partial charge is 0.322 e. The van der Waals surface area contributed by atoms with E-state index in [1.165, 1.54) is 18.2 Å². The molecule has 0 fully saturated rings. The van der Waals surface area contributed by atoms with Gasteiger partial charge in [-0.1, -0.05) is 25.1 Å². The molecule has 2 nitrogen and oxygen atoms in total. The van der Waals surface area contributed by atoms with Crippen molar-refractivity contribution in [2.24, 2.45) is 0 Å². The minimum Gasteiger partial charge on any atom is -0.322 e. The Morgan fingerprint density at radius 2 is 1.84 bits per heavy atom. The van der Waals surface area contributed by atoms with Gasteiger partial charge in [-0.25, -0.2) is 4.39 Å². The molecule has 162 valence electrons. The maximum atomic E-state index is 13.9. The maximum absolute atomic E-state index is 13.9. The zero-order chi connectivity index (χ0) is 22.2. The zero-order valence-corrected chi connectivity index (χ0v) is 17.7. The Morgan fingerprint density at radius 1 is 1.10 bits per heavy atom. The van der Waals surface area contributed by atoms with Crippen LogP contribution in [0.1, 0.15) is 51.0 Å². The highest BCUT2D eigenvalue weighted by Gasteiger charge is 2.39. The number of hydrogen-bond donors (Lipinski definition) is 1. The normalized spacial score (nSPS) is 13.7. The van der Waals surface area contributed by atoms with Gasteiger partial charge in [0.15, 0.2) is 0 Å². The second kappa shape index (κ2) is 8.46. The average Bonchev–Trinajstić information content (AvgIpc) is 3.14. The molecular weight excluding hydrogens is 426 g/mol. The Labute approximate surface area is 181 Å². The molecule has 1 amide bonds. The summed E-state index contributed by atoms with van der Waals surface area (Å²) < 4.78 is 55.3. The molecule has 1 aromatic heterocycles. The van der Waals surface area contributed by atoms with E-state index in [4.69, 9.17) is 0 Å². The van der Waals surface area contributed by atoms with Gasteiger partial charge in [0.25, 0.3) is 5.91 Å². The summed E-state index contributed by atoms with van der Waals surface area (Å²) in [6.45, 7) is 1.87. The molecule has 0 radical (unpaired) electrons. The lowest BCUT2D eigenvalue weighted by molar-refractivity contribution is -0.133. The molecule has 0 aliphatic heterocycles. The number of nitrogens with one attached hydrogen (secondary N) is 1. The van der Waals surface area contributed by atoms with Crippen molar-refractivity contribution >= 4 is 22.9 Å². The third kappa shape index (κ3) is 4.24. The minimum absolute atomic E-state index is 0.0834. The number of halogens is 4. The quantitative estimate of drug-likeness (QED) is 0.419. The third-order valence-corrected chi connectivity index (χ3v) is 6.91. The van der Waals surface area contributed by atoms with Gasteiger partial charge in [-0.3, -0.25) is 4.79 Å². The SMILES string of the molecule is CCc1cc(-c2c(C(F)(F)F)sc3c2CCCC3)ccc1NC(=O)c1ccccc1F. The number of alkyl halides is 3. The lowest BCUT2D eigenvalue weighted by Gasteiger charge is -2.16. The number of carbonyl (C=O) groups excluding carboxylic acids is 1. The average molecular weight is 447 g/mol. The molecular formula is C24H21F4NOS. The number of aryl methyl sites for hydroxylation is 2. The van der Waals surface area contributed by atoms with E-state index in [0.717, 1.165) is 34.6 Å². The van der Waals surface area contributed by atoms with Crippen LogP contribution in [-0.2, 0) is 25.4 Å². The molecule has 1 heterocycles. The lowest BCUT2D eigenvalue weighted by atomic mass is 9.90.